The van der Waals surface area contributed by atoms with Crippen molar-refractivity contribution in [1.29, 1.82) is 0 Å². The van der Waals surface area contributed by atoms with Gasteiger partial charge in [0.05, 0.1) is 5.25 Å². The SMILES string of the molecule is CCC(=O)N(c1nnc(SC(C)C(=O)NC2CCCC(C)C2C)s1)C1CC1. The van der Waals surface area contributed by atoms with E-state index >= 15 is 0 Å². The maximum atomic E-state index is 12.6. The number of anilines is 1. The van der Waals surface area contributed by atoms with Gasteiger partial charge in [-0.2, -0.15) is 0 Å². The van der Waals surface area contributed by atoms with Crippen molar-refractivity contribution < 1.29 is 9.59 Å². The van der Waals surface area contributed by atoms with Gasteiger partial charge in [-0.25, -0.2) is 0 Å². The number of carbonyl (C=O) groups is 2. The van der Waals surface area contributed by atoms with Crippen LogP contribution in [0.4, 0.5) is 5.13 Å². The predicted molar refractivity (Wildman–Crippen MR) is 110 cm³/mol. The summed E-state index contributed by atoms with van der Waals surface area (Å²) in [7, 11) is 0. The molecular formula is C19H30N4O2S2. The first-order valence-electron chi connectivity index (χ1n) is 10.0. The lowest BCUT2D eigenvalue weighted by atomic mass is 9.78. The lowest BCUT2D eigenvalue weighted by Gasteiger charge is -2.35. The second-order valence-corrected chi connectivity index (χ2v) is 10.4. The van der Waals surface area contributed by atoms with Gasteiger partial charge in [-0.05, 0) is 38.0 Å². The van der Waals surface area contributed by atoms with Gasteiger partial charge in [-0.3, -0.25) is 14.5 Å². The van der Waals surface area contributed by atoms with Gasteiger partial charge >= 0.3 is 0 Å². The summed E-state index contributed by atoms with van der Waals surface area (Å²) in [5.41, 5.74) is 0. The molecular weight excluding hydrogens is 380 g/mol. The Morgan fingerprint density at radius 1 is 1.26 bits per heavy atom. The molecule has 0 saturated heterocycles. The third kappa shape index (κ3) is 5.02. The fourth-order valence-corrected chi connectivity index (χ4v) is 5.69. The standard InChI is InChI=1S/C19H30N4O2S2/c1-5-16(24)23(14-9-10-14)18-21-22-19(27-18)26-13(4)17(25)20-15-8-6-7-11(2)12(15)3/h11-15H,5-10H2,1-4H3,(H,20,25). The summed E-state index contributed by atoms with van der Waals surface area (Å²) in [6, 6.07) is 0.542. The largest absolute Gasteiger partial charge is 0.352 e. The quantitative estimate of drug-likeness (QED) is 0.546. The molecule has 27 heavy (non-hydrogen) atoms. The zero-order valence-electron chi connectivity index (χ0n) is 16.6. The maximum absolute atomic E-state index is 12.6. The van der Waals surface area contributed by atoms with Crippen LogP contribution in [0.5, 0.6) is 0 Å². The molecule has 1 heterocycles. The van der Waals surface area contributed by atoms with Crippen LogP contribution in [0.25, 0.3) is 0 Å². The number of hydrogen-bond acceptors (Lipinski definition) is 6. The lowest BCUT2D eigenvalue weighted by molar-refractivity contribution is -0.121. The van der Waals surface area contributed by atoms with Gasteiger partial charge in [0.15, 0.2) is 4.34 Å². The smallest absolute Gasteiger partial charge is 0.233 e. The molecule has 6 nitrogen and oxygen atoms in total. The van der Waals surface area contributed by atoms with Crippen molar-refractivity contribution in [2.45, 2.75) is 87.9 Å². The summed E-state index contributed by atoms with van der Waals surface area (Å²) < 4.78 is 0.743. The number of hydrogen-bond donors (Lipinski definition) is 1. The van der Waals surface area contributed by atoms with Crippen LogP contribution in [0.2, 0.25) is 0 Å². The molecule has 1 N–H and O–H groups in total. The monoisotopic (exact) mass is 410 g/mol. The third-order valence-corrected chi connectivity index (χ3v) is 7.87. The Kier molecular flexibility index (Phi) is 6.78. The first kappa shape index (κ1) is 20.6. The molecule has 2 fully saturated rings. The van der Waals surface area contributed by atoms with Crippen molar-refractivity contribution in [1.82, 2.24) is 15.5 Å². The topological polar surface area (TPSA) is 75.2 Å². The zero-order chi connectivity index (χ0) is 19.6. The van der Waals surface area contributed by atoms with E-state index in [1.165, 1.54) is 35.9 Å². The highest BCUT2D eigenvalue weighted by Crippen LogP contribution is 2.37. The fraction of sp³-hybridized carbons (Fsp3) is 0.789. The molecule has 2 amide bonds. The number of carbonyl (C=O) groups excluding carboxylic acids is 2. The van der Waals surface area contributed by atoms with Gasteiger partial charge in [0.25, 0.3) is 0 Å². The maximum Gasteiger partial charge on any atom is 0.233 e. The molecule has 0 aliphatic heterocycles. The zero-order valence-corrected chi connectivity index (χ0v) is 18.2. The van der Waals surface area contributed by atoms with E-state index in [1.807, 2.05) is 13.8 Å². The van der Waals surface area contributed by atoms with E-state index < -0.39 is 0 Å². The molecule has 2 aliphatic carbocycles. The van der Waals surface area contributed by atoms with Gasteiger partial charge in [0.2, 0.25) is 16.9 Å². The second-order valence-electron chi connectivity index (χ2n) is 7.84. The molecule has 0 aromatic carbocycles. The third-order valence-electron chi connectivity index (χ3n) is 5.77. The van der Waals surface area contributed by atoms with Crippen LogP contribution in [0.1, 0.15) is 66.2 Å². The Hall–Kier alpha value is -1.15. The highest BCUT2D eigenvalue weighted by Gasteiger charge is 2.35. The Labute approximate surface area is 169 Å². The number of thioether (sulfide) groups is 1. The number of nitrogens with zero attached hydrogens (tertiary/aromatic N) is 3. The first-order valence-corrected chi connectivity index (χ1v) is 11.7. The molecule has 150 valence electrons. The highest BCUT2D eigenvalue weighted by molar-refractivity contribution is 8.02. The normalized spacial score (nSPS) is 26.4. The highest BCUT2D eigenvalue weighted by atomic mass is 32.2. The van der Waals surface area contributed by atoms with Crippen LogP contribution >= 0.6 is 23.1 Å². The van der Waals surface area contributed by atoms with Crippen LogP contribution in [0.15, 0.2) is 4.34 Å². The molecule has 1 aromatic rings. The Morgan fingerprint density at radius 2 is 2.00 bits per heavy atom. The predicted octanol–water partition coefficient (Wildman–Crippen LogP) is 3.87. The average molecular weight is 411 g/mol. The van der Waals surface area contributed by atoms with Crippen molar-refractivity contribution >= 4 is 40.0 Å². The molecule has 1 aromatic heterocycles. The van der Waals surface area contributed by atoms with E-state index in [2.05, 4.69) is 29.4 Å². The second kappa shape index (κ2) is 8.90. The molecule has 0 bridgehead atoms. The van der Waals surface area contributed by atoms with E-state index in [1.54, 1.807) is 4.90 Å². The molecule has 4 atom stereocenters. The molecule has 0 spiro atoms. The van der Waals surface area contributed by atoms with E-state index in [0.29, 0.717) is 23.4 Å². The van der Waals surface area contributed by atoms with Gasteiger partial charge in [0, 0.05) is 18.5 Å². The minimum Gasteiger partial charge on any atom is -0.352 e. The van der Waals surface area contributed by atoms with Gasteiger partial charge in [-0.15, -0.1) is 10.2 Å². The van der Waals surface area contributed by atoms with Crippen LogP contribution in [0, 0.1) is 11.8 Å². The van der Waals surface area contributed by atoms with E-state index in [9.17, 15) is 9.59 Å². The fourth-order valence-electron chi connectivity index (χ4n) is 3.61. The Bertz CT molecular complexity index is 676. The number of rotatable bonds is 7. The summed E-state index contributed by atoms with van der Waals surface area (Å²) in [5.74, 6) is 1.32. The Balaban J connectivity index is 1.57. The summed E-state index contributed by atoms with van der Waals surface area (Å²) >= 11 is 2.84. The number of nitrogens with one attached hydrogen (secondary N) is 1. The summed E-state index contributed by atoms with van der Waals surface area (Å²) in [4.78, 5) is 26.6. The summed E-state index contributed by atoms with van der Waals surface area (Å²) in [5, 5.41) is 12.1. The van der Waals surface area contributed by atoms with Crippen LogP contribution in [0.3, 0.4) is 0 Å². The minimum absolute atomic E-state index is 0.0615. The van der Waals surface area contributed by atoms with Crippen molar-refractivity contribution in [3.63, 3.8) is 0 Å². The van der Waals surface area contributed by atoms with Crippen molar-refractivity contribution in [2.75, 3.05) is 4.90 Å². The van der Waals surface area contributed by atoms with Crippen molar-refractivity contribution in [2.24, 2.45) is 11.8 Å². The van der Waals surface area contributed by atoms with Gasteiger partial charge in [-0.1, -0.05) is 56.7 Å². The summed E-state index contributed by atoms with van der Waals surface area (Å²) in [6.07, 6.45) is 6.03. The Morgan fingerprint density at radius 3 is 2.67 bits per heavy atom. The van der Waals surface area contributed by atoms with E-state index in [0.717, 1.165) is 23.6 Å². The van der Waals surface area contributed by atoms with Gasteiger partial charge in [0.1, 0.15) is 0 Å². The van der Waals surface area contributed by atoms with Crippen molar-refractivity contribution in [3.8, 4) is 0 Å². The van der Waals surface area contributed by atoms with E-state index in [-0.39, 0.29) is 29.1 Å². The van der Waals surface area contributed by atoms with Crippen LogP contribution in [-0.2, 0) is 9.59 Å². The molecule has 3 rings (SSSR count). The number of amides is 2. The molecule has 2 saturated carbocycles. The minimum atomic E-state index is -0.230. The van der Waals surface area contributed by atoms with Crippen LogP contribution < -0.4 is 10.2 Å². The molecule has 2 aliphatic rings. The lowest BCUT2D eigenvalue weighted by Crippen LogP contribution is -2.46. The van der Waals surface area contributed by atoms with E-state index in [4.69, 9.17) is 0 Å². The molecule has 0 radical (unpaired) electrons. The number of aromatic nitrogens is 2. The van der Waals surface area contributed by atoms with Crippen molar-refractivity contribution in [3.05, 3.63) is 0 Å². The molecule has 4 unspecified atom stereocenters. The average Bonchev–Trinajstić information content (AvgIpc) is 3.37. The molecule has 8 heteroatoms. The summed E-state index contributed by atoms with van der Waals surface area (Å²) in [6.45, 7) is 8.29. The van der Waals surface area contributed by atoms with Gasteiger partial charge < -0.3 is 5.32 Å². The van der Waals surface area contributed by atoms with Crippen LogP contribution in [-0.4, -0.2) is 39.3 Å². The first-order chi connectivity index (χ1) is 12.9.